The minimum Gasteiger partial charge on any atom is -0.267 e. The summed E-state index contributed by atoms with van der Waals surface area (Å²) in [4.78, 5) is 39.0. The molecule has 2 aromatic rings. The van der Waals surface area contributed by atoms with Crippen molar-refractivity contribution in [2.45, 2.75) is 26.3 Å². The molecular weight excluding hydrogens is 379 g/mol. The topological polar surface area (TPSA) is 105 Å². The molecule has 0 bridgehead atoms. The average molecular weight is 395 g/mol. The maximum atomic E-state index is 14.1. The quantitative estimate of drug-likeness (QED) is 0.488. The van der Waals surface area contributed by atoms with Gasteiger partial charge in [0.25, 0.3) is 17.5 Å². The summed E-state index contributed by atoms with van der Waals surface area (Å²) in [5.74, 6) is -2.66. The largest absolute Gasteiger partial charge is 0.275 e. The molecule has 142 valence electrons. The van der Waals surface area contributed by atoms with E-state index in [-0.39, 0.29) is 10.7 Å². The van der Waals surface area contributed by atoms with Gasteiger partial charge in [-0.25, -0.2) is 14.4 Å². The summed E-state index contributed by atoms with van der Waals surface area (Å²) in [7, 11) is 0. The first kappa shape index (κ1) is 20.2. The normalized spacial score (nSPS) is 11.0. The number of hydrogen-bond donors (Lipinski definition) is 1. The number of halogens is 2. The van der Waals surface area contributed by atoms with Crippen molar-refractivity contribution in [3.05, 3.63) is 68.7 Å². The van der Waals surface area contributed by atoms with Gasteiger partial charge in [-0.2, -0.15) is 0 Å². The van der Waals surface area contributed by atoms with E-state index < -0.39 is 39.3 Å². The van der Waals surface area contributed by atoms with Crippen molar-refractivity contribution < 1.29 is 18.9 Å². The van der Waals surface area contributed by atoms with Crippen molar-refractivity contribution in [3.8, 4) is 0 Å². The number of carbonyl (C=O) groups is 2. The second-order valence-electron chi connectivity index (χ2n) is 6.52. The SMILES string of the molecule is CC(C)(C)N(NC(=O)c1ccc([N+](=O)[O-])cc1F)C(=O)c1cccnc1Cl. The number of carbonyl (C=O) groups excluding carboxylic acids is 2. The van der Waals surface area contributed by atoms with Crippen LogP contribution >= 0.6 is 11.6 Å². The number of hydrazine groups is 1. The lowest BCUT2D eigenvalue weighted by Gasteiger charge is -2.35. The molecule has 0 saturated heterocycles. The third-order valence-electron chi connectivity index (χ3n) is 3.48. The van der Waals surface area contributed by atoms with E-state index in [4.69, 9.17) is 11.6 Å². The first-order chi connectivity index (χ1) is 12.5. The van der Waals surface area contributed by atoms with Gasteiger partial charge in [0.15, 0.2) is 0 Å². The minimum atomic E-state index is -1.08. The molecule has 0 unspecified atom stereocenters. The van der Waals surface area contributed by atoms with Gasteiger partial charge in [-0.1, -0.05) is 11.6 Å². The predicted molar refractivity (Wildman–Crippen MR) is 95.7 cm³/mol. The average Bonchev–Trinajstić information content (AvgIpc) is 2.58. The molecule has 0 fully saturated rings. The van der Waals surface area contributed by atoms with Gasteiger partial charge in [0.1, 0.15) is 11.0 Å². The zero-order valence-electron chi connectivity index (χ0n) is 14.7. The number of amides is 2. The number of benzene rings is 1. The monoisotopic (exact) mass is 394 g/mol. The lowest BCUT2D eigenvalue weighted by Crippen LogP contribution is -2.56. The lowest BCUT2D eigenvalue weighted by atomic mass is 10.1. The van der Waals surface area contributed by atoms with E-state index in [0.29, 0.717) is 6.07 Å². The molecule has 0 spiro atoms. The summed E-state index contributed by atoms with van der Waals surface area (Å²) < 4.78 is 14.1. The third kappa shape index (κ3) is 4.56. The van der Waals surface area contributed by atoms with Crippen LogP contribution in [0.15, 0.2) is 36.5 Å². The molecule has 0 aliphatic rings. The molecular formula is C17H16ClFN4O4. The van der Waals surface area contributed by atoms with Crippen molar-refractivity contribution in [3.63, 3.8) is 0 Å². The van der Waals surface area contributed by atoms with Crippen molar-refractivity contribution >= 4 is 29.1 Å². The number of aromatic nitrogens is 1. The number of nitro groups is 1. The van der Waals surface area contributed by atoms with Gasteiger partial charge in [0.2, 0.25) is 0 Å². The summed E-state index contributed by atoms with van der Waals surface area (Å²) in [6.45, 7) is 4.96. The maximum Gasteiger partial charge on any atom is 0.275 e. The Hall–Kier alpha value is -3.07. The Bertz CT molecular complexity index is 914. The van der Waals surface area contributed by atoms with E-state index >= 15 is 0 Å². The molecule has 0 radical (unpaired) electrons. The Balaban J connectivity index is 2.35. The van der Waals surface area contributed by atoms with Gasteiger partial charge in [0.05, 0.1) is 27.7 Å². The van der Waals surface area contributed by atoms with Crippen LogP contribution in [-0.4, -0.2) is 32.3 Å². The first-order valence-electron chi connectivity index (χ1n) is 7.72. The third-order valence-corrected chi connectivity index (χ3v) is 3.79. The Morgan fingerprint density at radius 3 is 2.44 bits per heavy atom. The first-order valence-corrected chi connectivity index (χ1v) is 8.10. The number of pyridine rings is 1. The van der Waals surface area contributed by atoms with Gasteiger partial charge >= 0.3 is 0 Å². The molecule has 0 aliphatic carbocycles. The van der Waals surface area contributed by atoms with Crippen LogP contribution in [0.1, 0.15) is 41.5 Å². The second kappa shape index (κ2) is 7.67. The van der Waals surface area contributed by atoms with E-state index in [2.05, 4.69) is 10.4 Å². The molecule has 2 rings (SSSR count). The number of nitrogens with zero attached hydrogens (tertiary/aromatic N) is 3. The van der Waals surface area contributed by atoms with Crippen LogP contribution in [0.5, 0.6) is 0 Å². The molecule has 8 nitrogen and oxygen atoms in total. The van der Waals surface area contributed by atoms with Gasteiger partial charge in [-0.15, -0.1) is 0 Å². The van der Waals surface area contributed by atoms with Crippen molar-refractivity contribution in [2.24, 2.45) is 0 Å². The highest BCUT2D eigenvalue weighted by atomic mass is 35.5. The molecule has 1 N–H and O–H groups in total. The van der Waals surface area contributed by atoms with Crippen LogP contribution in [0.2, 0.25) is 5.15 Å². The standard InChI is InChI=1S/C17H16ClFN4O4/c1-17(2,3)22(16(25)12-5-4-8-20-14(12)18)21-15(24)11-7-6-10(23(26)27)9-13(11)19/h4-9H,1-3H3,(H,21,24). The van der Waals surface area contributed by atoms with Crippen LogP contribution < -0.4 is 5.43 Å². The van der Waals surface area contributed by atoms with E-state index in [1.165, 1.54) is 18.3 Å². The second-order valence-corrected chi connectivity index (χ2v) is 6.87. The lowest BCUT2D eigenvalue weighted by molar-refractivity contribution is -0.385. The fraction of sp³-hybridized carbons (Fsp3) is 0.235. The molecule has 27 heavy (non-hydrogen) atoms. The summed E-state index contributed by atoms with van der Waals surface area (Å²) in [6, 6.07) is 5.56. The fourth-order valence-electron chi connectivity index (χ4n) is 2.15. The Morgan fingerprint density at radius 2 is 1.93 bits per heavy atom. The van der Waals surface area contributed by atoms with Crippen LogP contribution in [0.4, 0.5) is 10.1 Å². The highest BCUT2D eigenvalue weighted by Crippen LogP contribution is 2.21. The number of non-ortho nitro benzene ring substituents is 1. The van der Waals surface area contributed by atoms with Crippen molar-refractivity contribution in [1.82, 2.24) is 15.4 Å². The zero-order chi connectivity index (χ0) is 20.4. The van der Waals surface area contributed by atoms with Gasteiger partial charge in [-0.05, 0) is 39.0 Å². The van der Waals surface area contributed by atoms with Gasteiger partial charge in [-0.3, -0.25) is 25.1 Å². The molecule has 1 aromatic heterocycles. The Morgan fingerprint density at radius 1 is 1.26 bits per heavy atom. The van der Waals surface area contributed by atoms with E-state index in [9.17, 15) is 24.1 Å². The molecule has 0 atom stereocenters. The fourth-order valence-corrected chi connectivity index (χ4v) is 2.35. The van der Waals surface area contributed by atoms with Gasteiger partial charge < -0.3 is 0 Å². The molecule has 1 aromatic carbocycles. The van der Waals surface area contributed by atoms with Crippen LogP contribution in [0, 0.1) is 15.9 Å². The minimum absolute atomic E-state index is 0.0486. The molecule has 2 amide bonds. The van der Waals surface area contributed by atoms with Crippen LogP contribution in [0.3, 0.4) is 0 Å². The summed E-state index contributed by atoms with van der Waals surface area (Å²) in [5.41, 5.74) is 0.570. The Labute approximate surface area is 159 Å². The number of rotatable bonds is 3. The predicted octanol–water partition coefficient (Wildman–Crippen LogP) is 3.37. The smallest absolute Gasteiger partial charge is 0.267 e. The summed E-state index contributed by atoms with van der Waals surface area (Å²) in [6.07, 6.45) is 1.41. The maximum absolute atomic E-state index is 14.1. The van der Waals surface area contributed by atoms with E-state index in [0.717, 1.165) is 17.1 Å². The highest BCUT2D eigenvalue weighted by molar-refractivity contribution is 6.32. The van der Waals surface area contributed by atoms with Crippen LogP contribution in [0.25, 0.3) is 0 Å². The van der Waals surface area contributed by atoms with Crippen molar-refractivity contribution in [2.75, 3.05) is 0 Å². The molecule has 0 saturated carbocycles. The molecule has 10 heteroatoms. The zero-order valence-corrected chi connectivity index (χ0v) is 15.5. The molecule has 1 heterocycles. The number of nitrogens with one attached hydrogen (secondary N) is 1. The van der Waals surface area contributed by atoms with E-state index in [1.54, 1.807) is 20.8 Å². The number of hydrogen-bond acceptors (Lipinski definition) is 5. The van der Waals surface area contributed by atoms with Crippen LogP contribution in [-0.2, 0) is 0 Å². The summed E-state index contributed by atoms with van der Waals surface area (Å²) >= 11 is 5.94. The summed E-state index contributed by atoms with van der Waals surface area (Å²) in [5, 5.41) is 11.6. The van der Waals surface area contributed by atoms with Gasteiger partial charge in [0, 0.05) is 12.3 Å². The van der Waals surface area contributed by atoms with Crippen molar-refractivity contribution in [1.29, 1.82) is 0 Å². The highest BCUT2D eigenvalue weighted by Gasteiger charge is 2.31. The molecule has 0 aliphatic heterocycles. The van der Waals surface area contributed by atoms with E-state index in [1.807, 2.05) is 0 Å². The Kier molecular flexibility index (Phi) is 5.75. The number of nitro benzene ring substituents is 1.